The third-order valence-corrected chi connectivity index (χ3v) is 8.03. The van der Waals surface area contributed by atoms with Crippen LogP contribution in [0.4, 0.5) is 0 Å². The molecule has 3 saturated carbocycles. The second kappa shape index (κ2) is 4.47. The summed E-state index contributed by atoms with van der Waals surface area (Å²) in [5, 5.41) is 4.04. The predicted octanol–water partition coefficient (Wildman–Crippen LogP) is 4.80. The number of hydrogen-bond acceptors (Lipinski definition) is 2. The van der Waals surface area contributed by atoms with E-state index in [2.05, 4.69) is 11.4 Å². The molecule has 0 spiro atoms. The van der Waals surface area contributed by atoms with E-state index in [1.54, 1.807) is 11.3 Å². The van der Waals surface area contributed by atoms with Gasteiger partial charge in [-0.15, -0.1) is 11.3 Å². The molecule has 1 heterocycles. The van der Waals surface area contributed by atoms with Gasteiger partial charge in [-0.25, -0.2) is 0 Å². The van der Waals surface area contributed by atoms with Gasteiger partial charge >= 0.3 is 0 Å². The van der Waals surface area contributed by atoms with Gasteiger partial charge < -0.3 is 5.32 Å². The van der Waals surface area contributed by atoms with Gasteiger partial charge in [0, 0.05) is 17.0 Å². The first-order chi connectivity index (χ1) is 9.79. The van der Waals surface area contributed by atoms with Crippen LogP contribution in [0.25, 0.3) is 0 Å². The van der Waals surface area contributed by atoms with Crippen LogP contribution in [0.2, 0.25) is 4.34 Å². The van der Waals surface area contributed by atoms with Crippen molar-refractivity contribution in [2.45, 2.75) is 57.0 Å². The van der Waals surface area contributed by atoms with Gasteiger partial charge in [-0.2, -0.15) is 0 Å². The predicted molar refractivity (Wildman–Crippen MR) is 84.4 cm³/mol. The second-order valence-corrected chi connectivity index (χ2v) is 9.22. The molecule has 4 aliphatic carbocycles. The van der Waals surface area contributed by atoms with Gasteiger partial charge in [-0.05, 0) is 73.8 Å². The molecule has 0 radical (unpaired) electrons. The Labute approximate surface area is 130 Å². The van der Waals surface area contributed by atoms with Crippen molar-refractivity contribution in [2.75, 3.05) is 0 Å². The molecule has 1 aromatic rings. The molecule has 2 bridgehead atoms. The van der Waals surface area contributed by atoms with Crippen molar-refractivity contribution in [1.29, 1.82) is 0 Å². The molecule has 108 valence electrons. The molecule has 0 saturated heterocycles. The van der Waals surface area contributed by atoms with E-state index in [0.29, 0.717) is 6.04 Å². The smallest absolute Gasteiger partial charge is 0.0934 e. The molecule has 1 aromatic heterocycles. The molecule has 20 heavy (non-hydrogen) atoms. The van der Waals surface area contributed by atoms with E-state index in [1.807, 2.05) is 0 Å². The minimum atomic E-state index is 0.595. The Morgan fingerprint density at radius 3 is 2.95 bits per heavy atom. The summed E-state index contributed by atoms with van der Waals surface area (Å²) in [7, 11) is 0. The Hall–Kier alpha value is -0.0500. The zero-order valence-electron chi connectivity index (χ0n) is 11.8. The third kappa shape index (κ3) is 1.71. The highest BCUT2D eigenvalue weighted by Crippen LogP contribution is 2.59. The zero-order valence-corrected chi connectivity index (χ0v) is 13.3. The third-order valence-electron chi connectivity index (χ3n) is 6.69. The van der Waals surface area contributed by atoms with Crippen molar-refractivity contribution in [2.24, 2.45) is 23.7 Å². The van der Waals surface area contributed by atoms with Crippen LogP contribution in [-0.4, -0.2) is 6.04 Å². The lowest BCUT2D eigenvalue weighted by molar-refractivity contribution is 0.197. The highest BCUT2D eigenvalue weighted by molar-refractivity contribution is 7.16. The van der Waals surface area contributed by atoms with E-state index in [-0.39, 0.29) is 0 Å². The Balaban J connectivity index is 1.34. The Morgan fingerprint density at radius 1 is 1.10 bits per heavy atom. The average Bonchev–Trinajstić information content (AvgIpc) is 3.14. The summed E-state index contributed by atoms with van der Waals surface area (Å²) in [6.45, 7) is 0. The molecule has 5 rings (SSSR count). The van der Waals surface area contributed by atoms with Gasteiger partial charge in [0.15, 0.2) is 0 Å². The Morgan fingerprint density at radius 2 is 2.00 bits per heavy atom. The van der Waals surface area contributed by atoms with Crippen LogP contribution in [0.5, 0.6) is 0 Å². The van der Waals surface area contributed by atoms with Crippen LogP contribution < -0.4 is 5.32 Å². The molecular weight excluding hydrogens is 286 g/mol. The number of halogens is 1. The van der Waals surface area contributed by atoms with Crippen LogP contribution in [0.1, 0.15) is 55.0 Å². The minimum absolute atomic E-state index is 0.595. The number of fused-ring (bicyclic) bond motifs is 6. The lowest BCUT2D eigenvalue weighted by atomic mass is 9.79. The lowest BCUT2D eigenvalue weighted by Gasteiger charge is -2.34. The quantitative estimate of drug-likeness (QED) is 0.827. The lowest BCUT2D eigenvalue weighted by Crippen LogP contribution is -2.40. The van der Waals surface area contributed by atoms with Crippen molar-refractivity contribution >= 4 is 22.9 Å². The fraction of sp³-hybridized carbons (Fsp3) is 0.765. The van der Waals surface area contributed by atoms with Crippen LogP contribution in [-0.2, 0) is 6.42 Å². The van der Waals surface area contributed by atoms with E-state index >= 15 is 0 Å². The maximum absolute atomic E-state index is 6.19. The van der Waals surface area contributed by atoms with Crippen molar-refractivity contribution in [3.63, 3.8) is 0 Å². The van der Waals surface area contributed by atoms with Gasteiger partial charge in [-0.3, -0.25) is 0 Å². The molecule has 6 atom stereocenters. The average molecular weight is 308 g/mol. The normalized spacial score (nSPS) is 45.0. The molecule has 0 aliphatic heterocycles. The van der Waals surface area contributed by atoms with Gasteiger partial charge in [0.1, 0.15) is 0 Å². The van der Waals surface area contributed by atoms with Crippen molar-refractivity contribution in [3.05, 3.63) is 20.8 Å². The van der Waals surface area contributed by atoms with Gasteiger partial charge in [0.25, 0.3) is 0 Å². The molecule has 1 N–H and O–H groups in total. The Bertz CT molecular complexity index is 539. The highest BCUT2D eigenvalue weighted by atomic mass is 35.5. The van der Waals surface area contributed by atoms with Crippen LogP contribution in [0.15, 0.2) is 6.07 Å². The number of hydrogen-bond donors (Lipinski definition) is 1. The number of thiophene rings is 1. The van der Waals surface area contributed by atoms with Crippen LogP contribution in [0.3, 0.4) is 0 Å². The topological polar surface area (TPSA) is 12.0 Å². The van der Waals surface area contributed by atoms with Gasteiger partial charge in [-0.1, -0.05) is 18.0 Å². The molecular formula is C17H22ClNS. The fourth-order valence-electron chi connectivity index (χ4n) is 6.02. The molecule has 3 fully saturated rings. The first-order valence-electron chi connectivity index (χ1n) is 8.34. The molecule has 1 nitrogen and oxygen atoms in total. The first kappa shape index (κ1) is 12.5. The number of aryl methyl sites for hydroxylation is 1. The van der Waals surface area contributed by atoms with Crippen molar-refractivity contribution in [3.8, 4) is 0 Å². The first-order valence-corrected chi connectivity index (χ1v) is 9.53. The summed E-state index contributed by atoms with van der Waals surface area (Å²) in [4.78, 5) is 1.54. The summed E-state index contributed by atoms with van der Waals surface area (Å²) in [6.07, 6.45) is 10.1. The van der Waals surface area contributed by atoms with Gasteiger partial charge in [0.05, 0.1) is 4.34 Å². The van der Waals surface area contributed by atoms with E-state index in [0.717, 1.165) is 34.0 Å². The summed E-state index contributed by atoms with van der Waals surface area (Å²) < 4.78 is 0.977. The minimum Gasteiger partial charge on any atom is -0.307 e. The van der Waals surface area contributed by atoms with Crippen LogP contribution in [0, 0.1) is 23.7 Å². The largest absolute Gasteiger partial charge is 0.307 e. The molecule has 4 aliphatic rings. The maximum Gasteiger partial charge on any atom is 0.0934 e. The van der Waals surface area contributed by atoms with Gasteiger partial charge in [0.2, 0.25) is 0 Å². The second-order valence-electron chi connectivity index (χ2n) is 7.45. The maximum atomic E-state index is 6.19. The SMILES string of the molecule is Clc1cc2c(s1)CCC2NC1CC2CC1C1CCCC21. The van der Waals surface area contributed by atoms with E-state index in [1.165, 1.54) is 55.4 Å². The highest BCUT2D eigenvalue weighted by Gasteiger charge is 2.54. The number of nitrogens with one attached hydrogen (secondary N) is 1. The van der Waals surface area contributed by atoms with E-state index in [4.69, 9.17) is 11.6 Å². The van der Waals surface area contributed by atoms with Crippen molar-refractivity contribution < 1.29 is 0 Å². The molecule has 0 amide bonds. The fourth-order valence-corrected chi connectivity index (χ4v) is 7.38. The van der Waals surface area contributed by atoms with E-state index < -0.39 is 0 Å². The Kier molecular flexibility index (Phi) is 2.79. The van der Waals surface area contributed by atoms with Crippen LogP contribution >= 0.6 is 22.9 Å². The molecule has 6 unspecified atom stereocenters. The molecule has 0 aromatic carbocycles. The standard InChI is InChI=1S/C17H22ClNS/c18-17-8-13-14(4-5-16(13)20-17)19-15-7-9-6-12(15)11-3-1-2-10(9)11/h8-12,14-15,19H,1-7H2. The monoisotopic (exact) mass is 307 g/mol. The molecule has 3 heteroatoms. The summed E-state index contributed by atoms with van der Waals surface area (Å²) in [5.74, 6) is 4.22. The zero-order chi connectivity index (χ0) is 13.3. The van der Waals surface area contributed by atoms with E-state index in [9.17, 15) is 0 Å². The van der Waals surface area contributed by atoms with Crippen molar-refractivity contribution in [1.82, 2.24) is 5.32 Å². The summed E-state index contributed by atoms with van der Waals surface area (Å²) in [5.41, 5.74) is 1.52. The number of rotatable bonds is 2. The summed E-state index contributed by atoms with van der Waals surface area (Å²) >= 11 is 7.98. The summed E-state index contributed by atoms with van der Waals surface area (Å²) in [6, 6.07) is 3.62.